The molecule has 71 heavy (non-hydrogen) atoms. The molecular weight excluding hydrogens is 919 g/mol. The van der Waals surface area contributed by atoms with E-state index in [1.807, 2.05) is 88.1 Å². The van der Waals surface area contributed by atoms with Gasteiger partial charge in [-0.2, -0.15) is 5.10 Å². The monoisotopic (exact) mass is 988 g/mol. The van der Waals surface area contributed by atoms with Crippen molar-refractivity contribution in [1.29, 1.82) is 0 Å². The predicted molar refractivity (Wildman–Crippen MR) is 269 cm³/mol. The van der Waals surface area contributed by atoms with E-state index in [0.29, 0.717) is 44.7 Å². The summed E-state index contributed by atoms with van der Waals surface area (Å²) >= 11 is 1.51. The number of carbonyl (C=O) groups is 4. The molecule has 6 N–H and O–H groups in total. The fourth-order valence-corrected chi connectivity index (χ4v) is 10.9. The number of aromatic nitrogens is 6. The highest BCUT2D eigenvalue weighted by atomic mass is 32.2. The lowest BCUT2D eigenvalue weighted by Gasteiger charge is -2.34. The number of ether oxygens (including phenoxy) is 1. The number of likely N-dealkylation sites (N-methyl/N-ethyl adjacent to an activating group) is 1. The second-order valence-electron chi connectivity index (χ2n) is 19.0. The molecule has 3 aromatic carbocycles. The van der Waals surface area contributed by atoms with Gasteiger partial charge in [0.25, 0.3) is 0 Å². The third-order valence-corrected chi connectivity index (χ3v) is 15.3. The highest BCUT2D eigenvalue weighted by Crippen LogP contribution is 2.35. The summed E-state index contributed by atoms with van der Waals surface area (Å²) in [6, 6.07) is 27.2. The number of fused-ring (bicyclic) bond motifs is 1. The number of rotatable bonds is 22. The Bertz CT molecular complexity index is 2470. The molecule has 5 heterocycles. The van der Waals surface area contributed by atoms with Crippen molar-refractivity contribution >= 4 is 35.4 Å². The number of hydrogen-bond donors (Lipinski definition) is 5. The molecule has 3 aliphatic rings. The van der Waals surface area contributed by atoms with Crippen molar-refractivity contribution < 1.29 is 23.9 Å². The second kappa shape index (κ2) is 24.4. The summed E-state index contributed by atoms with van der Waals surface area (Å²) in [5.41, 5.74) is 9.04. The van der Waals surface area contributed by atoms with Crippen molar-refractivity contribution in [2.24, 2.45) is 11.7 Å². The summed E-state index contributed by atoms with van der Waals surface area (Å²) in [4.78, 5) is 65.7. The smallest absolute Gasteiger partial charge is 0.248 e. The Kier molecular flexibility index (Phi) is 17.7. The van der Waals surface area contributed by atoms with Gasteiger partial charge in [0.05, 0.1) is 49.6 Å². The molecule has 8 rings (SSSR count). The minimum atomic E-state index is -0.991. The Morgan fingerprint density at radius 1 is 0.873 bits per heavy atom. The first kappa shape index (κ1) is 51.4. The van der Waals surface area contributed by atoms with Crippen LogP contribution in [-0.4, -0.2) is 132 Å². The molecule has 3 saturated heterocycles. The quantitative estimate of drug-likeness (QED) is 0.0662. The first-order valence-electron chi connectivity index (χ1n) is 25.1. The van der Waals surface area contributed by atoms with Crippen LogP contribution in [0.5, 0.6) is 0 Å². The minimum Gasteiger partial charge on any atom is -0.369 e. The zero-order valence-corrected chi connectivity index (χ0v) is 42.0. The van der Waals surface area contributed by atoms with Crippen LogP contribution in [0.2, 0.25) is 0 Å². The molecule has 5 aromatic rings. The van der Waals surface area contributed by atoms with Gasteiger partial charge in [-0.3, -0.25) is 23.9 Å². The maximum atomic E-state index is 14.9. The van der Waals surface area contributed by atoms with Crippen molar-refractivity contribution in [2.45, 2.75) is 150 Å². The Labute approximate surface area is 420 Å². The summed E-state index contributed by atoms with van der Waals surface area (Å²) in [5.74, 6) is -1.32. The molecule has 9 atom stereocenters. The lowest BCUT2D eigenvalue weighted by Crippen LogP contribution is -2.58. The van der Waals surface area contributed by atoms with Crippen molar-refractivity contribution in [3.8, 4) is 0 Å². The van der Waals surface area contributed by atoms with Gasteiger partial charge in [-0.25, -0.2) is 9.67 Å². The first-order chi connectivity index (χ1) is 34.5. The van der Waals surface area contributed by atoms with Crippen LogP contribution in [0.15, 0.2) is 114 Å². The van der Waals surface area contributed by atoms with Crippen LogP contribution in [0.3, 0.4) is 0 Å². The van der Waals surface area contributed by atoms with E-state index < -0.39 is 30.3 Å². The summed E-state index contributed by atoms with van der Waals surface area (Å²) in [6.45, 7) is 7.27. The Hall–Kier alpha value is -5.99. The average Bonchev–Trinajstić information content (AvgIpc) is 4.23. The Balaban J connectivity index is 0.935. The highest BCUT2D eigenvalue weighted by Gasteiger charge is 2.46. The third kappa shape index (κ3) is 12.7. The molecule has 2 aromatic heterocycles. The SMILES string of the molecule is CC[C@H](N)C(=O)N[C@@H]1C(=O)N2[C@@H](CC[C@@H]1Cn1cc(CO[C@H](C)[C@H](NC(=O)[C@H](C)NC)C(=O)N3CCC[C@H]3Cn3ncnc3Sc3ccccc3)nn1)CC[C@H]2CNC(c1ccccc1)c1ccccc1. The number of likely N-dealkylation sites (tertiary alicyclic amines) is 1. The number of nitrogens with zero attached hydrogens (tertiary/aromatic N) is 8. The molecule has 4 amide bonds. The molecule has 0 aliphatic carbocycles. The fourth-order valence-electron chi connectivity index (χ4n) is 10.1. The summed E-state index contributed by atoms with van der Waals surface area (Å²) in [5, 5.41) is 26.9. The number of nitrogens with two attached hydrogens (primary N) is 1. The van der Waals surface area contributed by atoms with Gasteiger partial charge in [-0.05, 0) is 89.1 Å². The van der Waals surface area contributed by atoms with Gasteiger partial charge in [0, 0.05) is 42.5 Å². The summed E-state index contributed by atoms with van der Waals surface area (Å²) < 4.78 is 9.89. The zero-order chi connectivity index (χ0) is 49.9. The van der Waals surface area contributed by atoms with Gasteiger partial charge in [0.15, 0.2) is 5.16 Å². The minimum absolute atomic E-state index is 0.0114. The van der Waals surface area contributed by atoms with Crippen LogP contribution >= 0.6 is 11.8 Å². The van der Waals surface area contributed by atoms with Crippen molar-refractivity contribution in [1.82, 2.24) is 60.8 Å². The van der Waals surface area contributed by atoms with Crippen LogP contribution in [0.1, 0.15) is 88.6 Å². The van der Waals surface area contributed by atoms with Crippen molar-refractivity contribution in [2.75, 3.05) is 20.1 Å². The Morgan fingerprint density at radius 2 is 1.56 bits per heavy atom. The molecule has 0 bridgehead atoms. The van der Waals surface area contributed by atoms with Crippen molar-refractivity contribution in [3.05, 3.63) is 120 Å². The number of amides is 4. The van der Waals surface area contributed by atoms with E-state index in [-0.39, 0.29) is 60.3 Å². The number of benzene rings is 3. The maximum Gasteiger partial charge on any atom is 0.248 e. The topological polar surface area (TPSA) is 220 Å². The van der Waals surface area contributed by atoms with Crippen LogP contribution < -0.4 is 27.0 Å². The molecular formula is C52H69N13O5S. The Morgan fingerprint density at radius 3 is 2.25 bits per heavy atom. The van der Waals surface area contributed by atoms with Gasteiger partial charge >= 0.3 is 0 Å². The van der Waals surface area contributed by atoms with E-state index >= 15 is 0 Å². The van der Waals surface area contributed by atoms with Gasteiger partial charge in [-0.1, -0.05) is 103 Å². The van der Waals surface area contributed by atoms with Gasteiger partial charge < -0.3 is 41.5 Å². The molecule has 0 saturated carbocycles. The van der Waals surface area contributed by atoms with Crippen molar-refractivity contribution in [3.63, 3.8) is 0 Å². The van der Waals surface area contributed by atoms with Gasteiger partial charge in [0.2, 0.25) is 23.6 Å². The van der Waals surface area contributed by atoms with Gasteiger partial charge in [-0.15, -0.1) is 5.10 Å². The highest BCUT2D eigenvalue weighted by molar-refractivity contribution is 7.99. The molecule has 3 fully saturated rings. The molecule has 0 radical (unpaired) electrons. The third-order valence-electron chi connectivity index (χ3n) is 14.3. The molecule has 0 spiro atoms. The molecule has 18 nitrogen and oxygen atoms in total. The van der Waals surface area contributed by atoms with E-state index in [0.717, 1.165) is 53.3 Å². The van der Waals surface area contributed by atoms with E-state index in [1.54, 1.807) is 31.8 Å². The second-order valence-corrected chi connectivity index (χ2v) is 20.1. The predicted octanol–water partition coefficient (Wildman–Crippen LogP) is 4.08. The first-order valence-corrected chi connectivity index (χ1v) is 25.9. The van der Waals surface area contributed by atoms with Crippen LogP contribution in [0, 0.1) is 5.92 Å². The van der Waals surface area contributed by atoms with E-state index in [4.69, 9.17) is 10.5 Å². The molecule has 19 heteroatoms. The van der Waals surface area contributed by atoms with E-state index in [9.17, 15) is 19.2 Å². The van der Waals surface area contributed by atoms with E-state index in [1.165, 1.54) is 18.1 Å². The average molecular weight is 988 g/mol. The lowest BCUT2D eigenvalue weighted by atomic mass is 9.92. The number of nitrogens with one attached hydrogen (secondary N) is 4. The van der Waals surface area contributed by atoms with Gasteiger partial charge in [0.1, 0.15) is 24.1 Å². The van der Waals surface area contributed by atoms with E-state index in [2.05, 4.69) is 65.9 Å². The summed E-state index contributed by atoms with van der Waals surface area (Å²) in [6.07, 6.45) is 7.75. The zero-order valence-electron chi connectivity index (χ0n) is 41.2. The largest absolute Gasteiger partial charge is 0.369 e. The van der Waals surface area contributed by atoms with Crippen LogP contribution in [0.4, 0.5) is 0 Å². The maximum absolute atomic E-state index is 14.9. The number of carbonyl (C=O) groups excluding carboxylic acids is 4. The van der Waals surface area contributed by atoms with Crippen LogP contribution in [0.25, 0.3) is 0 Å². The molecule has 3 aliphatic heterocycles. The number of hydrogen-bond acceptors (Lipinski definition) is 13. The molecule has 378 valence electrons. The molecule has 0 unspecified atom stereocenters. The van der Waals surface area contributed by atoms with Crippen LogP contribution in [-0.2, 0) is 43.6 Å². The normalized spacial score (nSPS) is 21.9. The standard InChI is InChI=1S/C52H69N13O5S/c1-5-44(53)49(67)59-47-38(23-24-40-25-26-41(65(40)51(47)69)28-55-46(36-16-9-6-10-17-36)37-18-11-7-12-19-37)29-62-30-39(60-61-62)32-70-35(3)45(58-48(66)34(2)54-4)50(68)63-27-15-20-42(63)31-64-52(56-33-57-64)71-43-21-13-8-14-22-43/h6-14,16-19,21-22,30,33-35,38,40-42,44-47,54-55H,5,15,20,23-29,31-32,53H2,1-4H3,(H,58,66)(H,59,67)/t34-,35+,38+,40-,41-,42-,44-,45-,47-/m0/s1. The summed E-state index contributed by atoms with van der Waals surface area (Å²) in [7, 11) is 1.69. The fraction of sp³-hybridized carbons (Fsp3) is 0.500. The lowest BCUT2D eigenvalue weighted by molar-refractivity contribution is -0.142.